The molecule has 9 N–H and O–H groups in total. The van der Waals surface area contributed by atoms with Gasteiger partial charge in [-0.2, -0.15) is 0 Å². The molecule has 14 nitrogen and oxygen atoms in total. The molecule has 0 aliphatic carbocycles. The Balaban J connectivity index is 1.87. The van der Waals surface area contributed by atoms with E-state index >= 15 is 0 Å². The highest BCUT2D eigenvalue weighted by Gasteiger charge is 2.51. The molecule has 0 spiro atoms. The third-order valence-corrected chi connectivity index (χ3v) is 12.7. The van der Waals surface area contributed by atoms with Gasteiger partial charge in [0.05, 0.1) is 32.0 Å². The fourth-order valence-corrected chi connectivity index (χ4v) is 8.21. The van der Waals surface area contributed by atoms with Crippen LogP contribution in [0.1, 0.15) is 162 Å². The van der Waals surface area contributed by atoms with Crippen molar-refractivity contribution in [3.63, 3.8) is 0 Å². The van der Waals surface area contributed by atoms with E-state index in [1.54, 1.807) is 6.08 Å². The molecule has 2 aliphatic rings. The number of hydrogen-bond acceptors (Lipinski definition) is 13. The normalized spacial score (nSPS) is 26.3. The molecular weight excluding hydrogens is 931 g/mol. The van der Waals surface area contributed by atoms with Crippen LogP contribution in [0.5, 0.6) is 0 Å². The van der Waals surface area contributed by atoms with Gasteiger partial charge in [-0.15, -0.1) is 0 Å². The zero-order valence-electron chi connectivity index (χ0n) is 44.3. The van der Waals surface area contributed by atoms with Crippen LogP contribution in [0.15, 0.2) is 109 Å². The lowest BCUT2D eigenvalue weighted by molar-refractivity contribution is -0.359. The fraction of sp³-hybridized carbons (Fsp3) is 0.678. The van der Waals surface area contributed by atoms with Gasteiger partial charge in [0.15, 0.2) is 12.6 Å². The predicted octanol–water partition coefficient (Wildman–Crippen LogP) is 8.49. The molecule has 0 aromatic rings. The zero-order chi connectivity index (χ0) is 53.2. The maximum atomic E-state index is 13.2. The van der Waals surface area contributed by atoms with Gasteiger partial charge in [0.25, 0.3) is 0 Å². The van der Waals surface area contributed by atoms with Crippen LogP contribution in [0.25, 0.3) is 0 Å². The molecule has 73 heavy (non-hydrogen) atoms. The lowest BCUT2D eigenvalue weighted by Gasteiger charge is -2.46. The van der Waals surface area contributed by atoms with Gasteiger partial charge in [-0.3, -0.25) is 4.79 Å². The van der Waals surface area contributed by atoms with Crippen molar-refractivity contribution in [2.75, 3.05) is 19.8 Å². The van der Waals surface area contributed by atoms with E-state index in [0.717, 1.165) is 77.0 Å². The summed E-state index contributed by atoms with van der Waals surface area (Å²) in [6, 6.07) is -0.969. The third kappa shape index (κ3) is 30.1. The maximum Gasteiger partial charge on any atom is 0.220 e. The van der Waals surface area contributed by atoms with E-state index in [1.165, 1.54) is 51.4 Å². The number of aliphatic hydroxyl groups excluding tert-OH is 8. The summed E-state index contributed by atoms with van der Waals surface area (Å²) in [5.41, 5.74) is 0. The zero-order valence-corrected chi connectivity index (χ0v) is 44.3. The molecule has 0 aromatic heterocycles. The molecule has 416 valence electrons. The lowest BCUT2D eigenvalue weighted by atomic mass is 9.97. The van der Waals surface area contributed by atoms with Crippen LogP contribution in [0.3, 0.4) is 0 Å². The van der Waals surface area contributed by atoms with Crippen molar-refractivity contribution in [3.05, 3.63) is 109 Å². The Morgan fingerprint density at radius 2 is 0.959 bits per heavy atom. The van der Waals surface area contributed by atoms with Gasteiger partial charge in [-0.05, 0) is 96.3 Å². The van der Waals surface area contributed by atoms with E-state index < -0.39 is 86.8 Å². The van der Waals surface area contributed by atoms with Crippen LogP contribution in [-0.2, 0) is 23.7 Å². The van der Waals surface area contributed by atoms with Gasteiger partial charge in [0.2, 0.25) is 5.91 Å². The number of ether oxygens (including phenoxy) is 4. The number of carbonyl (C=O) groups is 1. The molecule has 12 atom stereocenters. The van der Waals surface area contributed by atoms with Gasteiger partial charge in [0, 0.05) is 6.42 Å². The molecule has 2 heterocycles. The first-order valence-electron chi connectivity index (χ1n) is 27.6. The van der Waals surface area contributed by atoms with Gasteiger partial charge < -0.3 is 65.1 Å². The summed E-state index contributed by atoms with van der Waals surface area (Å²) in [6.07, 6.45) is 44.1. The minimum Gasteiger partial charge on any atom is -0.394 e. The first-order chi connectivity index (χ1) is 35.6. The summed E-state index contributed by atoms with van der Waals surface area (Å²) in [7, 11) is 0. The van der Waals surface area contributed by atoms with E-state index in [-0.39, 0.29) is 18.9 Å². The van der Waals surface area contributed by atoms with Gasteiger partial charge in [-0.1, -0.05) is 168 Å². The van der Waals surface area contributed by atoms with Crippen LogP contribution in [0.2, 0.25) is 0 Å². The highest BCUT2D eigenvalue weighted by atomic mass is 16.7. The van der Waals surface area contributed by atoms with E-state index in [4.69, 9.17) is 18.9 Å². The number of unbranched alkanes of at least 4 members (excludes halogenated alkanes) is 12. The van der Waals surface area contributed by atoms with Crippen molar-refractivity contribution in [3.8, 4) is 0 Å². The first kappa shape index (κ1) is 65.8. The van der Waals surface area contributed by atoms with Crippen molar-refractivity contribution in [1.29, 1.82) is 0 Å². The minimum absolute atomic E-state index is 0.208. The lowest BCUT2D eigenvalue weighted by Crippen LogP contribution is -2.65. The number of nitrogens with one attached hydrogen (secondary N) is 1. The van der Waals surface area contributed by atoms with E-state index in [1.807, 2.05) is 6.08 Å². The molecule has 2 rings (SSSR count). The van der Waals surface area contributed by atoms with Crippen molar-refractivity contribution in [1.82, 2.24) is 5.32 Å². The van der Waals surface area contributed by atoms with E-state index in [9.17, 15) is 45.6 Å². The quantitative estimate of drug-likeness (QED) is 0.0207. The Labute approximate surface area is 438 Å². The average Bonchev–Trinajstić information content (AvgIpc) is 3.39. The van der Waals surface area contributed by atoms with Crippen LogP contribution in [0, 0.1) is 0 Å². The van der Waals surface area contributed by atoms with Crippen LogP contribution in [0.4, 0.5) is 0 Å². The summed E-state index contributed by atoms with van der Waals surface area (Å²) in [4.78, 5) is 13.2. The number of hydrogen-bond donors (Lipinski definition) is 9. The molecular formula is C59H97NO13. The third-order valence-electron chi connectivity index (χ3n) is 12.7. The number of aliphatic hydroxyl groups is 8. The highest BCUT2D eigenvalue weighted by molar-refractivity contribution is 5.76. The van der Waals surface area contributed by atoms with Crippen LogP contribution >= 0.6 is 0 Å². The Kier molecular flexibility index (Phi) is 39.5. The molecule has 0 bridgehead atoms. The standard InChI is InChI=1S/C59H97NO13/c1-3-5-7-9-11-13-15-17-19-21-23-24-25-27-29-31-33-35-37-39-41-43-51(64)60-47(48(63)42-40-38-36-34-32-30-28-26-22-20-18-16-14-12-10-8-6-4-2)46-70-58-56(69)54(67)57(50(45-62)72-58)73-59-55(68)53(66)52(65)49(44-61)71-59/h5,7,11,13,17,19,22-24,26-27,29,32-35,40,42,47-50,52-59,61-63,65-69H,3-4,6,8-10,12,14-16,18,20-21,25,28,30-31,36-39,41,43-46H2,1-2H3,(H,60,64)/b7-5-,13-11-,19-17-,24-23-,26-22+,29-27-,34-32+,35-33-,42-40+. The van der Waals surface area contributed by atoms with Crippen LogP contribution in [-0.4, -0.2) is 140 Å². The van der Waals surface area contributed by atoms with E-state index in [0.29, 0.717) is 12.8 Å². The molecule has 0 saturated carbocycles. The molecule has 2 fully saturated rings. The minimum atomic E-state index is -1.80. The number of amides is 1. The van der Waals surface area contributed by atoms with Crippen molar-refractivity contribution in [2.24, 2.45) is 0 Å². The predicted molar refractivity (Wildman–Crippen MR) is 290 cm³/mol. The van der Waals surface area contributed by atoms with Gasteiger partial charge in [0.1, 0.15) is 48.8 Å². The Hall–Kier alpha value is -3.35. The Bertz CT molecular complexity index is 1640. The second kappa shape index (κ2) is 43.8. The summed E-state index contributed by atoms with van der Waals surface area (Å²) >= 11 is 0. The second-order valence-electron chi connectivity index (χ2n) is 19.0. The second-order valence-corrected chi connectivity index (χ2v) is 19.0. The maximum absolute atomic E-state index is 13.2. The van der Waals surface area contributed by atoms with E-state index in [2.05, 4.69) is 116 Å². The Morgan fingerprint density at radius 1 is 0.507 bits per heavy atom. The molecule has 2 aliphatic heterocycles. The summed E-state index contributed by atoms with van der Waals surface area (Å²) in [5, 5.41) is 86.9. The number of carbonyl (C=O) groups excluding carboxylic acids is 1. The molecule has 0 aromatic carbocycles. The average molecular weight is 1030 g/mol. The Morgan fingerprint density at radius 3 is 1.51 bits per heavy atom. The highest BCUT2D eigenvalue weighted by Crippen LogP contribution is 2.30. The fourth-order valence-electron chi connectivity index (χ4n) is 8.21. The van der Waals surface area contributed by atoms with Gasteiger partial charge >= 0.3 is 0 Å². The summed E-state index contributed by atoms with van der Waals surface area (Å²) in [6.45, 7) is 2.59. The molecule has 0 radical (unpaired) electrons. The molecule has 1 amide bonds. The number of allylic oxidation sites excluding steroid dienone is 17. The molecule has 12 unspecified atom stereocenters. The molecule has 14 heteroatoms. The number of rotatable bonds is 41. The van der Waals surface area contributed by atoms with Crippen molar-refractivity contribution in [2.45, 2.75) is 235 Å². The first-order valence-corrected chi connectivity index (χ1v) is 27.6. The monoisotopic (exact) mass is 1030 g/mol. The largest absolute Gasteiger partial charge is 0.394 e. The summed E-state index contributed by atoms with van der Waals surface area (Å²) < 4.78 is 22.7. The van der Waals surface area contributed by atoms with Crippen LogP contribution < -0.4 is 5.32 Å². The van der Waals surface area contributed by atoms with Crippen molar-refractivity contribution < 1.29 is 64.6 Å². The van der Waals surface area contributed by atoms with Crippen molar-refractivity contribution >= 4 is 5.91 Å². The summed E-state index contributed by atoms with van der Waals surface area (Å²) in [5.74, 6) is -0.301. The topological polar surface area (TPSA) is 228 Å². The SMILES string of the molecule is CC/C=C\C/C=C\C/C=C\C/C=C\C/C=C\C/C=C\CCCCC(=O)NC(COC1OC(CO)C(OC2OC(CO)C(O)C(O)C2O)C(O)C1O)C(O)/C=C/CC/C=C/CC/C=C/CCCCCCCCCC. The van der Waals surface area contributed by atoms with Gasteiger partial charge in [-0.25, -0.2) is 0 Å². The smallest absolute Gasteiger partial charge is 0.220 e. The molecule has 2 saturated heterocycles.